The van der Waals surface area contributed by atoms with E-state index in [1.165, 1.54) is 0 Å². The monoisotopic (exact) mass is 377 g/mol. The Kier molecular flexibility index (Phi) is 7.60. The molecule has 0 aliphatic heterocycles. The summed E-state index contributed by atoms with van der Waals surface area (Å²) in [4.78, 5) is 9.34. The van der Waals surface area contributed by atoms with Crippen LogP contribution in [0.3, 0.4) is 0 Å². The SMILES string of the molecule is CCCC(OCC)c1nc(CC)c(I)c(NCC)n1. The van der Waals surface area contributed by atoms with Crippen LogP contribution in [0, 0.1) is 3.57 Å². The molecule has 0 bridgehead atoms. The van der Waals surface area contributed by atoms with Gasteiger partial charge in [0.25, 0.3) is 0 Å². The quantitative estimate of drug-likeness (QED) is 0.697. The average molecular weight is 377 g/mol. The highest BCUT2D eigenvalue weighted by Crippen LogP contribution is 2.25. The molecule has 1 aromatic rings. The first-order valence-electron chi connectivity index (χ1n) is 7.09. The molecule has 1 atom stereocenters. The number of nitrogens with one attached hydrogen (secondary N) is 1. The summed E-state index contributed by atoms with van der Waals surface area (Å²) in [6.07, 6.45) is 2.95. The van der Waals surface area contributed by atoms with E-state index in [0.717, 1.165) is 46.7 Å². The molecule has 108 valence electrons. The molecule has 1 rings (SSSR count). The van der Waals surface area contributed by atoms with Gasteiger partial charge in [-0.25, -0.2) is 9.97 Å². The first-order chi connectivity index (χ1) is 9.17. The van der Waals surface area contributed by atoms with E-state index >= 15 is 0 Å². The number of hydrogen-bond acceptors (Lipinski definition) is 4. The van der Waals surface area contributed by atoms with Gasteiger partial charge in [-0.05, 0) is 49.3 Å². The molecule has 1 N–H and O–H groups in total. The number of anilines is 1. The summed E-state index contributed by atoms with van der Waals surface area (Å²) < 4.78 is 6.91. The van der Waals surface area contributed by atoms with Crippen LogP contribution in [0.15, 0.2) is 0 Å². The van der Waals surface area contributed by atoms with E-state index < -0.39 is 0 Å². The molecule has 0 radical (unpaired) electrons. The molecular weight excluding hydrogens is 353 g/mol. The Labute approximate surface area is 129 Å². The highest BCUT2D eigenvalue weighted by molar-refractivity contribution is 14.1. The number of halogens is 1. The van der Waals surface area contributed by atoms with Crippen LogP contribution in [0.25, 0.3) is 0 Å². The van der Waals surface area contributed by atoms with E-state index in [1.54, 1.807) is 0 Å². The zero-order chi connectivity index (χ0) is 14.3. The molecule has 4 nitrogen and oxygen atoms in total. The Morgan fingerprint density at radius 2 is 1.95 bits per heavy atom. The maximum Gasteiger partial charge on any atom is 0.159 e. The van der Waals surface area contributed by atoms with Gasteiger partial charge in [0, 0.05) is 13.2 Å². The second-order valence-electron chi connectivity index (χ2n) is 4.31. The Morgan fingerprint density at radius 3 is 2.47 bits per heavy atom. The lowest BCUT2D eigenvalue weighted by Crippen LogP contribution is -2.14. The fraction of sp³-hybridized carbons (Fsp3) is 0.714. The zero-order valence-corrected chi connectivity index (χ0v) is 14.5. The second kappa shape index (κ2) is 8.68. The molecule has 0 amide bonds. The van der Waals surface area contributed by atoms with E-state index in [0.29, 0.717) is 6.61 Å². The Morgan fingerprint density at radius 1 is 1.21 bits per heavy atom. The standard InChI is InChI=1S/C14H24IN3O/c1-5-9-11(19-8-4)13-17-10(6-2)12(15)14(18-13)16-7-3/h11H,5-9H2,1-4H3,(H,16,17,18). The molecule has 0 fully saturated rings. The third-order valence-electron chi connectivity index (χ3n) is 2.82. The van der Waals surface area contributed by atoms with Crippen LogP contribution in [0.1, 0.15) is 58.2 Å². The van der Waals surface area contributed by atoms with Crippen molar-refractivity contribution >= 4 is 28.4 Å². The predicted octanol–water partition coefficient (Wildman–Crippen LogP) is 3.95. The van der Waals surface area contributed by atoms with Gasteiger partial charge in [0.15, 0.2) is 5.82 Å². The van der Waals surface area contributed by atoms with Crippen molar-refractivity contribution in [3.63, 3.8) is 0 Å². The van der Waals surface area contributed by atoms with Gasteiger partial charge in [-0.3, -0.25) is 0 Å². The summed E-state index contributed by atoms with van der Waals surface area (Å²) in [5.41, 5.74) is 1.10. The average Bonchev–Trinajstić information content (AvgIpc) is 2.41. The Hall–Kier alpha value is -0.430. The minimum Gasteiger partial charge on any atom is -0.371 e. The first-order valence-corrected chi connectivity index (χ1v) is 8.17. The summed E-state index contributed by atoms with van der Waals surface area (Å²) in [6.45, 7) is 9.93. The summed E-state index contributed by atoms with van der Waals surface area (Å²) in [6, 6.07) is 0. The predicted molar refractivity (Wildman–Crippen MR) is 87.6 cm³/mol. The maximum absolute atomic E-state index is 5.79. The smallest absolute Gasteiger partial charge is 0.159 e. The third-order valence-corrected chi connectivity index (χ3v) is 3.96. The topological polar surface area (TPSA) is 47.0 Å². The van der Waals surface area contributed by atoms with Crippen molar-refractivity contribution in [2.24, 2.45) is 0 Å². The molecule has 0 spiro atoms. The molecule has 19 heavy (non-hydrogen) atoms. The highest BCUT2D eigenvalue weighted by atomic mass is 127. The highest BCUT2D eigenvalue weighted by Gasteiger charge is 2.18. The molecule has 0 saturated heterocycles. The van der Waals surface area contributed by atoms with Crippen molar-refractivity contribution in [1.29, 1.82) is 0 Å². The van der Waals surface area contributed by atoms with Gasteiger partial charge in [-0.15, -0.1) is 0 Å². The largest absolute Gasteiger partial charge is 0.371 e. The lowest BCUT2D eigenvalue weighted by atomic mass is 10.2. The number of aromatic nitrogens is 2. The van der Waals surface area contributed by atoms with Crippen LogP contribution in [0.5, 0.6) is 0 Å². The van der Waals surface area contributed by atoms with E-state index in [4.69, 9.17) is 4.74 Å². The minimum absolute atomic E-state index is 0.00899. The van der Waals surface area contributed by atoms with Gasteiger partial charge < -0.3 is 10.1 Å². The van der Waals surface area contributed by atoms with Gasteiger partial charge in [-0.2, -0.15) is 0 Å². The van der Waals surface area contributed by atoms with Crippen molar-refractivity contribution in [3.8, 4) is 0 Å². The zero-order valence-electron chi connectivity index (χ0n) is 12.3. The summed E-state index contributed by atoms with van der Waals surface area (Å²) in [5, 5.41) is 3.32. The van der Waals surface area contributed by atoms with E-state index in [-0.39, 0.29) is 6.10 Å². The fourth-order valence-electron chi connectivity index (χ4n) is 1.93. The number of hydrogen-bond donors (Lipinski definition) is 1. The van der Waals surface area contributed by atoms with E-state index in [9.17, 15) is 0 Å². The van der Waals surface area contributed by atoms with Crippen LogP contribution in [0.2, 0.25) is 0 Å². The molecule has 5 heteroatoms. The Balaban J connectivity index is 3.13. The first kappa shape index (κ1) is 16.6. The van der Waals surface area contributed by atoms with Crippen molar-refractivity contribution in [3.05, 3.63) is 15.1 Å². The number of ether oxygens (including phenoxy) is 1. The van der Waals surface area contributed by atoms with Crippen molar-refractivity contribution in [2.45, 2.75) is 53.1 Å². The minimum atomic E-state index is 0.00899. The third kappa shape index (κ3) is 4.56. The van der Waals surface area contributed by atoms with Crippen LogP contribution in [-0.4, -0.2) is 23.1 Å². The maximum atomic E-state index is 5.79. The van der Waals surface area contributed by atoms with Crippen LogP contribution in [0.4, 0.5) is 5.82 Å². The summed E-state index contributed by atoms with van der Waals surface area (Å²) in [5.74, 6) is 1.75. The molecule has 1 aromatic heterocycles. The fourth-order valence-corrected chi connectivity index (χ4v) is 2.74. The van der Waals surface area contributed by atoms with E-state index in [1.807, 2.05) is 6.92 Å². The summed E-state index contributed by atoms with van der Waals surface area (Å²) >= 11 is 2.32. The molecule has 1 heterocycles. The summed E-state index contributed by atoms with van der Waals surface area (Å²) in [7, 11) is 0. The number of aryl methyl sites for hydroxylation is 1. The van der Waals surface area contributed by atoms with Crippen molar-refractivity contribution in [1.82, 2.24) is 9.97 Å². The van der Waals surface area contributed by atoms with Gasteiger partial charge in [-0.1, -0.05) is 20.3 Å². The van der Waals surface area contributed by atoms with Crippen molar-refractivity contribution in [2.75, 3.05) is 18.5 Å². The van der Waals surface area contributed by atoms with Crippen molar-refractivity contribution < 1.29 is 4.74 Å². The number of nitrogens with zero attached hydrogens (tertiary/aromatic N) is 2. The normalized spacial score (nSPS) is 12.5. The van der Waals surface area contributed by atoms with Gasteiger partial charge >= 0.3 is 0 Å². The van der Waals surface area contributed by atoms with Crippen LogP contribution in [-0.2, 0) is 11.2 Å². The molecule has 0 aromatic carbocycles. The van der Waals surface area contributed by atoms with Crippen LogP contribution < -0.4 is 5.32 Å². The lowest BCUT2D eigenvalue weighted by Gasteiger charge is -2.18. The van der Waals surface area contributed by atoms with Gasteiger partial charge in [0.05, 0.1) is 9.26 Å². The number of rotatable bonds is 8. The van der Waals surface area contributed by atoms with Crippen LogP contribution >= 0.6 is 22.6 Å². The second-order valence-corrected chi connectivity index (χ2v) is 5.39. The molecule has 1 unspecified atom stereocenters. The lowest BCUT2D eigenvalue weighted by molar-refractivity contribution is 0.0493. The molecule has 0 aliphatic rings. The van der Waals surface area contributed by atoms with Gasteiger partial charge in [0.1, 0.15) is 11.9 Å². The van der Waals surface area contributed by atoms with E-state index in [2.05, 4.69) is 58.6 Å². The molecule has 0 aliphatic carbocycles. The molecule has 0 saturated carbocycles. The van der Waals surface area contributed by atoms with Gasteiger partial charge in [0.2, 0.25) is 0 Å². The molecular formula is C14H24IN3O. The Bertz CT molecular complexity index is 393.